The number of nitrogens with zero attached hydrogens (tertiary/aromatic N) is 2. The largest absolute Gasteiger partial charge is 0.497 e. The van der Waals surface area contributed by atoms with Crippen LogP contribution in [0.2, 0.25) is 0 Å². The third-order valence-electron chi connectivity index (χ3n) is 9.53. The number of likely N-dealkylation sites (tertiary alicyclic amines) is 1. The van der Waals surface area contributed by atoms with Crippen molar-refractivity contribution in [1.29, 1.82) is 0 Å². The Morgan fingerprint density at radius 1 is 0.814 bits per heavy atom. The highest BCUT2D eigenvalue weighted by atomic mass is 79.9. The molecule has 7 heteroatoms. The van der Waals surface area contributed by atoms with Crippen LogP contribution in [0.4, 0.5) is 0 Å². The molecule has 3 atom stereocenters. The maximum atomic E-state index is 5.70. The van der Waals surface area contributed by atoms with Crippen LogP contribution >= 0.6 is 31.9 Å². The van der Waals surface area contributed by atoms with Crippen LogP contribution in [0.1, 0.15) is 43.4 Å². The number of aromatic nitrogens is 1. The Kier molecular flexibility index (Phi) is 10.4. The van der Waals surface area contributed by atoms with Crippen molar-refractivity contribution in [3.8, 4) is 17.2 Å². The van der Waals surface area contributed by atoms with Crippen LogP contribution in [0.5, 0.6) is 17.2 Å². The van der Waals surface area contributed by atoms with Gasteiger partial charge in [0.05, 0.1) is 46.3 Å². The first-order chi connectivity index (χ1) is 20.8. The Morgan fingerprint density at radius 3 is 2.12 bits per heavy atom. The van der Waals surface area contributed by atoms with Gasteiger partial charge in [0.25, 0.3) is 0 Å². The molecule has 43 heavy (non-hydrogen) atoms. The van der Waals surface area contributed by atoms with E-state index in [1.807, 2.05) is 12.1 Å². The third kappa shape index (κ3) is 7.21. The molecule has 5 rings (SSSR count). The van der Waals surface area contributed by atoms with Crippen molar-refractivity contribution in [3.05, 3.63) is 92.5 Å². The molecule has 5 nitrogen and oxygen atoms in total. The summed E-state index contributed by atoms with van der Waals surface area (Å²) in [5.41, 5.74) is 5.07. The van der Waals surface area contributed by atoms with Crippen molar-refractivity contribution in [2.45, 2.75) is 46.2 Å². The zero-order valence-electron chi connectivity index (χ0n) is 26.0. The summed E-state index contributed by atoms with van der Waals surface area (Å²) in [5.74, 6) is 4.16. The number of pyridine rings is 1. The molecule has 3 aromatic carbocycles. The number of rotatable bonds is 11. The van der Waals surface area contributed by atoms with E-state index in [1.165, 1.54) is 53.5 Å². The molecule has 0 bridgehead atoms. The van der Waals surface area contributed by atoms with Gasteiger partial charge in [-0.2, -0.15) is 4.57 Å². The minimum Gasteiger partial charge on any atom is -0.497 e. The summed E-state index contributed by atoms with van der Waals surface area (Å²) in [6.07, 6.45) is 5.73. The molecule has 0 aliphatic carbocycles. The molecular weight excluding hydrogens is 668 g/mol. The Hall–Kier alpha value is -2.61. The predicted molar refractivity (Wildman–Crippen MR) is 181 cm³/mol. The van der Waals surface area contributed by atoms with Gasteiger partial charge in [0, 0.05) is 44.5 Å². The second-order valence-electron chi connectivity index (χ2n) is 12.1. The van der Waals surface area contributed by atoms with Crippen LogP contribution in [-0.4, -0.2) is 45.4 Å². The number of benzene rings is 3. The van der Waals surface area contributed by atoms with Crippen molar-refractivity contribution in [1.82, 2.24) is 0 Å². The van der Waals surface area contributed by atoms with Gasteiger partial charge >= 0.3 is 0 Å². The van der Waals surface area contributed by atoms with Gasteiger partial charge in [0.15, 0.2) is 12.7 Å². The summed E-state index contributed by atoms with van der Waals surface area (Å²) in [4.78, 5) is 0. The van der Waals surface area contributed by atoms with E-state index in [0.29, 0.717) is 0 Å². The molecule has 0 amide bonds. The predicted octanol–water partition coefficient (Wildman–Crippen LogP) is 8.35. The summed E-state index contributed by atoms with van der Waals surface area (Å²) in [5, 5.41) is 1.25. The number of fused-ring (bicyclic) bond motifs is 1. The quantitative estimate of drug-likeness (QED) is 0.116. The first kappa shape index (κ1) is 31.8. The molecule has 1 saturated heterocycles. The molecule has 1 fully saturated rings. The smallest absolute Gasteiger partial charge is 0.213 e. The van der Waals surface area contributed by atoms with Gasteiger partial charge in [-0.3, -0.25) is 0 Å². The third-order valence-corrected chi connectivity index (χ3v) is 11.1. The fourth-order valence-electron chi connectivity index (χ4n) is 6.80. The van der Waals surface area contributed by atoms with Gasteiger partial charge in [-0.05, 0) is 72.9 Å². The maximum Gasteiger partial charge on any atom is 0.213 e. The van der Waals surface area contributed by atoms with Gasteiger partial charge in [-0.15, -0.1) is 0 Å². The highest BCUT2D eigenvalue weighted by Gasteiger charge is 2.38. The molecule has 0 radical (unpaired) electrons. The molecule has 0 saturated carbocycles. The fraction of sp³-hybridized carbons (Fsp3) is 0.417. The first-order valence-corrected chi connectivity index (χ1v) is 16.9. The van der Waals surface area contributed by atoms with Gasteiger partial charge in [-0.1, -0.05) is 45.7 Å². The SMILES string of the molecule is CCC1C[N+](CCc2cc[n+](Cc3cc(OC)ccc3Br)c3ccc(OC)cc23)(Cc2cc(OC)ccc2Br)CCC1C. The highest BCUT2D eigenvalue weighted by Crippen LogP contribution is 2.35. The molecular formula is C36H44Br2N2O3+2. The topological polar surface area (TPSA) is 31.6 Å². The van der Waals surface area contributed by atoms with E-state index in [0.717, 1.165) is 68.6 Å². The molecule has 0 spiro atoms. The van der Waals surface area contributed by atoms with Crippen LogP contribution in [-0.2, 0) is 19.5 Å². The van der Waals surface area contributed by atoms with Crippen molar-refractivity contribution in [2.75, 3.05) is 41.0 Å². The number of piperidine rings is 1. The van der Waals surface area contributed by atoms with Crippen molar-refractivity contribution in [3.63, 3.8) is 0 Å². The summed E-state index contributed by atoms with van der Waals surface area (Å²) < 4.78 is 22.5. The number of ether oxygens (including phenoxy) is 3. The molecule has 228 valence electrons. The molecule has 1 aliphatic rings. The molecule has 3 unspecified atom stereocenters. The summed E-state index contributed by atoms with van der Waals surface area (Å²) >= 11 is 7.60. The number of hydrogen-bond donors (Lipinski definition) is 0. The van der Waals surface area contributed by atoms with Gasteiger partial charge in [-0.25, -0.2) is 0 Å². The molecule has 1 aliphatic heterocycles. The lowest BCUT2D eigenvalue weighted by Gasteiger charge is -2.47. The first-order valence-electron chi connectivity index (χ1n) is 15.3. The second kappa shape index (κ2) is 14.0. The fourth-order valence-corrected chi connectivity index (χ4v) is 7.54. The summed E-state index contributed by atoms with van der Waals surface area (Å²) in [7, 11) is 5.21. The minimum atomic E-state index is 0.731. The summed E-state index contributed by atoms with van der Waals surface area (Å²) in [6.45, 7) is 10.0. The summed E-state index contributed by atoms with van der Waals surface area (Å²) in [6, 6.07) is 21.3. The molecule has 0 N–H and O–H groups in total. The lowest BCUT2D eigenvalue weighted by molar-refractivity contribution is -0.949. The van der Waals surface area contributed by atoms with Crippen LogP contribution in [0.3, 0.4) is 0 Å². The van der Waals surface area contributed by atoms with Crippen molar-refractivity contribution < 1.29 is 23.3 Å². The monoisotopic (exact) mass is 710 g/mol. The van der Waals surface area contributed by atoms with E-state index < -0.39 is 0 Å². The number of methoxy groups -OCH3 is 3. The van der Waals surface area contributed by atoms with Gasteiger partial charge in [0.2, 0.25) is 5.52 Å². The standard InChI is InChI=1S/C36H44Br2N2O3/c1-6-26-23-40(17-14-25(26)2,24-29-20-31(42-4)8-11-35(29)38)18-15-27-13-16-39(36-12-9-32(43-5)21-33(27)36)22-28-19-30(41-3)7-10-34(28)37/h7-13,16,19-21,25-26H,6,14-15,17-18,22-24H2,1-5H3/q+2. The lowest BCUT2D eigenvalue weighted by Crippen LogP contribution is -2.56. The average molecular weight is 713 g/mol. The lowest BCUT2D eigenvalue weighted by atomic mass is 9.83. The average Bonchev–Trinajstić information content (AvgIpc) is 3.03. The minimum absolute atomic E-state index is 0.731. The number of hydrogen-bond acceptors (Lipinski definition) is 3. The van der Waals surface area contributed by atoms with Gasteiger partial charge in [0.1, 0.15) is 23.8 Å². The van der Waals surface area contributed by atoms with Crippen LogP contribution < -0.4 is 18.8 Å². The Bertz CT molecular complexity index is 1580. The Morgan fingerprint density at radius 2 is 1.44 bits per heavy atom. The van der Waals surface area contributed by atoms with E-state index in [4.69, 9.17) is 14.2 Å². The van der Waals surface area contributed by atoms with Gasteiger partial charge < -0.3 is 18.7 Å². The van der Waals surface area contributed by atoms with E-state index in [1.54, 1.807) is 21.3 Å². The Balaban J connectivity index is 1.50. The zero-order valence-corrected chi connectivity index (χ0v) is 29.2. The van der Waals surface area contributed by atoms with E-state index >= 15 is 0 Å². The number of quaternary nitrogens is 1. The number of halogens is 2. The highest BCUT2D eigenvalue weighted by molar-refractivity contribution is 9.10. The van der Waals surface area contributed by atoms with E-state index in [-0.39, 0.29) is 0 Å². The van der Waals surface area contributed by atoms with Crippen LogP contribution in [0, 0.1) is 11.8 Å². The van der Waals surface area contributed by atoms with Crippen molar-refractivity contribution in [2.24, 2.45) is 11.8 Å². The Labute approximate surface area is 273 Å². The zero-order chi connectivity index (χ0) is 30.6. The molecule has 1 aromatic heterocycles. The molecule has 4 aromatic rings. The normalized spacial score (nSPS) is 20.3. The van der Waals surface area contributed by atoms with Crippen LogP contribution in [0.25, 0.3) is 10.9 Å². The molecule has 2 heterocycles. The van der Waals surface area contributed by atoms with Crippen molar-refractivity contribution >= 4 is 42.8 Å². The van der Waals surface area contributed by atoms with Crippen LogP contribution in [0.15, 0.2) is 75.8 Å². The second-order valence-corrected chi connectivity index (χ2v) is 13.8. The maximum absolute atomic E-state index is 5.70. The van der Waals surface area contributed by atoms with E-state index in [2.05, 4.69) is 105 Å². The van der Waals surface area contributed by atoms with E-state index in [9.17, 15) is 0 Å².